The molecule has 2 radical (unpaired) electrons. The Labute approximate surface area is 195 Å². The summed E-state index contributed by atoms with van der Waals surface area (Å²) >= 11 is 0. The number of rotatable bonds is 4. The second-order valence-electron chi connectivity index (χ2n) is 8.32. The number of hydrogen-bond donors (Lipinski definition) is 0. The van der Waals surface area contributed by atoms with Crippen molar-refractivity contribution in [2.45, 2.75) is 6.42 Å². The molecule has 0 atom stereocenters. The zero-order valence-corrected chi connectivity index (χ0v) is 18.6. The van der Waals surface area contributed by atoms with Crippen LogP contribution < -0.4 is 19.2 Å². The zero-order valence-electron chi connectivity index (χ0n) is 18.6. The SMILES string of the molecule is CN1[B]N(c2cccc(Cc3cccc(N4[B]N(C)c5ccccc54)n3)n2)c2ccccc21. The van der Waals surface area contributed by atoms with Crippen molar-refractivity contribution in [2.24, 2.45) is 0 Å². The van der Waals surface area contributed by atoms with Gasteiger partial charge in [0.1, 0.15) is 11.6 Å². The molecule has 0 bridgehead atoms. The predicted octanol–water partition coefficient (Wildman–Crippen LogP) is 4.31. The Balaban J connectivity index is 1.27. The van der Waals surface area contributed by atoms with E-state index in [1.807, 2.05) is 12.1 Å². The van der Waals surface area contributed by atoms with Crippen LogP contribution in [0.25, 0.3) is 0 Å². The van der Waals surface area contributed by atoms with E-state index in [0.717, 1.165) is 34.4 Å². The summed E-state index contributed by atoms with van der Waals surface area (Å²) in [5, 5.41) is 0. The fourth-order valence-electron chi connectivity index (χ4n) is 4.48. The van der Waals surface area contributed by atoms with Crippen molar-refractivity contribution in [1.29, 1.82) is 0 Å². The molecule has 2 aromatic heterocycles. The monoisotopic (exact) mass is 428 g/mol. The number of benzene rings is 2. The summed E-state index contributed by atoms with van der Waals surface area (Å²) in [6, 6.07) is 29.1. The summed E-state index contributed by atoms with van der Waals surface area (Å²) in [6.07, 6.45) is 0.665. The fraction of sp³-hybridized carbons (Fsp3) is 0.120. The smallest absolute Gasteiger partial charge is 0.397 e. The lowest BCUT2D eigenvalue weighted by atomic mass is 10.1. The third-order valence-electron chi connectivity index (χ3n) is 6.06. The highest BCUT2D eigenvalue weighted by Crippen LogP contribution is 2.39. The topological polar surface area (TPSA) is 38.7 Å². The van der Waals surface area contributed by atoms with Crippen LogP contribution in [-0.4, -0.2) is 39.2 Å². The van der Waals surface area contributed by atoms with Gasteiger partial charge in [-0.1, -0.05) is 36.4 Å². The molecule has 33 heavy (non-hydrogen) atoms. The average Bonchev–Trinajstić information content (AvgIpc) is 3.37. The van der Waals surface area contributed by atoms with Crippen LogP contribution in [0.15, 0.2) is 84.9 Å². The summed E-state index contributed by atoms with van der Waals surface area (Å²) in [5.41, 5.74) is 6.59. The van der Waals surface area contributed by atoms with Gasteiger partial charge >= 0.3 is 15.1 Å². The number of para-hydroxylation sites is 4. The highest BCUT2D eigenvalue weighted by Gasteiger charge is 2.28. The van der Waals surface area contributed by atoms with Crippen molar-refractivity contribution >= 4 is 49.5 Å². The maximum atomic E-state index is 4.96. The van der Waals surface area contributed by atoms with Gasteiger partial charge in [-0.25, -0.2) is 9.97 Å². The maximum absolute atomic E-state index is 4.96. The van der Waals surface area contributed by atoms with E-state index in [-0.39, 0.29) is 0 Å². The van der Waals surface area contributed by atoms with E-state index in [1.54, 1.807) is 0 Å². The Kier molecular flexibility index (Phi) is 4.72. The van der Waals surface area contributed by atoms with Gasteiger partial charge in [-0.15, -0.1) is 0 Å². The van der Waals surface area contributed by atoms with Crippen LogP contribution in [0.1, 0.15) is 11.4 Å². The lowest BCUT2D eigenvalue weighted by Crippen LogP contribution is -2.29. The summed E-state index contributed by atoms with van der Waals surface area (Å²) in [5.74, 6) is 1.81. The number of fused-ring (bicyclic) bond motifs is 2. The van der Waals surface area contributed by atoms with Crippen molar-refractivity contribution in [3.05, 3.63) is 96.3 Å². The molecule has 2 aliphatic heterocycles. The maximum Gasteiger partial charge on any atom is 0.397 e. The first-order valence-corrected chi connectivity index (χ1v) is 11.0. The van der Waals surface area contributed by atoms with Gasteiger partial charge in [0.05, 0.1) is 11.4 Å². The minimum atomic E-state index is 0.665. The summed E-state index contributed by atoms with van der Waals surface area (Å²) in [7, 11) is 8.27. The molecule has 0 spiro atoms. The van der Waals surface area contributed by atoms with Gasteiger partial charge in [0, 0.05) is 29.2 Å². The fourth-order valence-corrected chi connectivity index (χ4v) is 4.48. The summed E-state index contributed by atoms with van der Waals surface area (Å²) in [4.78, 5) is 18.4. The van der Waals surface area contributed by atoms with Crippen molar-refractivity contribution in [1.82, 2.24) is 9.97 Å². The van der Waals surface area contributed by atoms with E-state index in [4.69, 9.17) is 9.97 Å². The van der Waals surface area contributed by atoms with Gasteiger partial charge < -0.3 is 19.2 Å². The molecule has 4 aromatic rings. The van der Waals surface area contributed by atoms with Crippen LogP contribution in [0.4, 0.5) is 34.4 Å². The number of nitrogens with zero attached hydrogens (tertiary/aromatic N) is 6. The largest absolute Gasteiger partial charge is 0.400 e. The van der Waals surface area contributed by atoms with Gasteiger partial charge in [0.25, 0.3) is 0 Å². The Hall–Kier alpha value is -3.93. The molecule has 8 heteroatoms. The standard InChI is InChI=1S/C25H22B2N6/c1-30-20-11-3-5-13-22(20)32(26-30)24-15-7-9-18(28-24)17-19-10-8-16-25(29-19)33-23-14-6-4-12-21(23)31(2)27-33/h3-16H,17H2,1-2H3. The molecule has 4 heterocycles. The van der Waals surface area contributed by atoms with Gasteiger partial charge in [-0.2, -0.15) is 0 Å². The second kappa shape index (κ2) is 7.89. The van der Waals surface area contributed by atoms with Gasteiger partial charge in [-0.3, -0.25) is 0 Å². The normalized spacial score (nSPS) is 14.1. The molecule has 0 aliphatic carbocycles. The Morgan fingerprint density at radius 1 is 0.545 bits per heavy atom. The molecule has 0 fully saturated rings. The number of anilines is 6. The van der Waals surface area contributed by atoms with Gasteiger partial charge in [-0.05, 0) is 62.6 Å². The van der Waals surface area contributed by atoms with Crippen LogP contribution in [0.2, 0.25) is 0 Å². The highest BCUT2D eigenvalue weighted by atomic mass is 15.3. The lowest BCUT2D eigenvalue weighted by molar-refractivity contribution is 1.01. The van der Waals surface area contributed by atoms with Crippen molar-refractivity contribution in [3.63, 3.8) is 0 Å². The predicted molar refractivity (Wildman–Crippen MR) is 137 cm³/mol. The van der Waals surface area contributed by atoms with Crippen LogP contribution in [0, 0.1) is 0 Å². The van der Waals surface area contributed by atoms with E-state index in [0.29, 0.717) is 6.42 Å². The first kappa shape index (κ1) is 19.7. The number of hydrogen-bond acceptors (Lipinski definition) is 6. The molecule has 0 amide bonds. The van der Waals surface area contributed by atoms with E-state index >= 15 is 0 Å². The molecule has 0 unspecified atom stereocenters. The highest BCUT2D eigenvalue weighted by molar-refractivity contribution is 6.53. The zero-order chi connectivity index (χ0) is 22.4. The molecule has 2 aliphatic rings. The summed E-state index contributed by atoms with van der Waals surface area (Å²) < 4.78 is 0. The molecule has 0 N–H and O–H groups in total. The molecule has 2 aromatic carbocycles. The van der Waals surface area contributed by atoms with Crippen molar-refractivity contribution in [2.75, 3.05) is 33.3 Å². The third kappa shape index (κ3) is 3.48. The van der Waals surface area contributed by atoms with Gasteiger partial charge in [0.2, 0.25) is 0 Å². The Morgan fingerprint density at radius 2 is 0.970 bits per heavy atom. The van der Waals surface area contributed by atoms with Crippen LogP contribution in [0.5, 0.6) is 0 Å². The summed E-state index contributed by atoms with van der Waals surface area (Å²) in [6.45, 7) is 0. The second-order valence-corrected chi connectivity index (χ2v) is 8.32. The molecule has 0 saturated carbocycles. The third-order valence-corrected chi connectivity index (χ3v) is 6.06. The minimum Gasteiger partial charge on any atom is -0.400 e. The van der Waals surface area contributed by atoms with E-state index in [1.165, 1.54) is 11.4 Å². The van der Waals surface area contributed by atoms with Crippen LogP contribution in [0.3, 0.4) is 0 Å². The molecule has 6 rings (SSSR count). The first-order valence-electron chi connectivity index (χ1n) is 11.0. The molecule has 6 nitrogen and oxygen atoms in total. The Bertz CT molecular complexity index is 1230. The molecular weight excluding hydrogens is 406 g/mol. The number of pyridine rings is 2. The number of aromatic nitrogens is 2. The minimum absolute atomic E-state index is 0.665. The van der Waals surface area contributed by atoms with Crippen LogP contribution in [-0.2, 0) is 6.42 Å². The Morgan fingerprint density at radius 3 is 1.42 bits per heavy atom. The van der Waals surface area contributed by atoms with Crippen LogP contribution >= 0.6 is 0 Å². The van der Waals surface area contributed by atoms with Crippen molar-refractivity contribution < 1.29 is 0 Å². The molecule has 0 saturated heterocycles. The first-order chi connectivity index (χ1) is 16.2. The lowest BCUT2D eigenvalue weighted by Gasteiger charge is -2.19. The van der Waals surface area contributed by atoms with Gasteiger partial charge in [0.15, 0.2) is 0 Å². The van der Waals surface area contributed by atoms with E-state index < -0.39 is 0 Å². The van der Waals surface area contributed by atoms with Crippen molar-refractivity contribution in [3.8, 4) is 0 Å². The molecule has 158 valence electrons. The quantitative estimate of drug-likeness (QED) is 0.452. The van der Waals surface area contributed by atoms with E-state index in [2.05, 4.69) is 121 Å². The molecular formula is C25H22B2N6. The average molecular weight is 428 g/mol. The van der Waals surface area contributed by atoms with E-state index in [9.17, 15) is 0 Å².